The van der Waals surface area contributed by atoms with Gasteiger partial charge in [0.1, 0.15) is 24.3 Å². The van der Waals surface area contributed by atoms with Gasteiger partial charge in [-0.2, -0.15) is 0 Å². The lowest BCUT2D eigenvalue weighted by molar-refractivity contribution is -0.209. The topological polar surface area (TPSA) is 55.8 Å². The minimum Gasteiger partial charge on any atom is -0.375 e. The molecule has 2 aliphatic heterocycles. The van der Waals surface area contributed by atoms with Gasteiger partial charge >= 0.3 is 0 Å². The summed E-state index contributed by atoms with van der Waals surface area (Å²) in [4.78, 5) is 24.4. The van der Waals surface area contributed by atoms with E-state index in [0.29, 0.717) is 25.3 Å². The zero-order chi connectivity index (χ0) is 19.6. The number of carbonyl (C=O) groups is 2. The smallest absolute Gasteiger partial charge is 0.230 e. The molecular weight excluding hydrogens is 361 g/mol. The molecule has 28 heavy (non-hydrogen) atoms. The van der Waals surface area contributed by atoms with Crippen LogP contribution in [-0.4, -0.2) is 37.6 Å². The van der Waals surface area contributed by atoms with Gasteiger partial charge in [-0.05, 0) is 48.2 Å². The summed E-state index contributed by atoms with van der Waals surface area (Å²) in [6, 6.07) is 14.2. The summed E-state index contributed by atoms with van der Waals surface area (Å²) in [5.74, 6) is -0.274. The zero-order valence-electron chi connectivity index (χ0n) is 15.5. The summed E-state index contributed by atoms with van der Waals surface area (Å²) in [6.45, 7) is 1.14. The van der Waals surface area contributed by atoms with E-state index in [-0.39, 0.29) is 30.0 Å². The number of rotatable bonds is 8. The minimum absolute atomic E-state index is 0.0192. The third-order valence-electron chi connectivity index (χ3n) is 5.47. The maximum Gasteiger partial charge on any atom is 0.230 e. The third kappa shape index (κ3) is 3.70. The summed E-state index contributed by atoms with van der Waals surface area (Å²) in [7, 11) is 0. The highest BCUT2D eigenvalue weighted by Crippen LogP contribution is 2.39. The Bertz CT molecular complexity index is 846. The fraction of sp³-hybridized carbons (Fsp3) is 0.364. The van der Waals surface area contributed by atoms with Crippen LogP contribution in [0.5, 0.6) is 0 Å². The van der Waals surface area contributed by atoms with E-state index in [1.54, 1.807) is 17.0 Å². The quantitative estimate of drug-likeness (QED) is 0.519. The van der Waals surface area contributed by atoms with Gasteiger partial charge in [-0.1, -0.05) is 24.3 Å². The van der Waals surface area contributed by atoms with Crippen LogP contribution in [0.4, 0.5) is 10.1 Å². The van der Waals surface area contributed by atoms with Crippen molar-refractivity contribution in [2.45, 2.75) is 30.9 Å². The number of nitrogens with zero attached hydrogens (tertiary/aromatic N) is 1. The van der Waals surface area contributed by atoms with Crippen LogP contribution in [0.1, 0.15) is 30.0 Å². The Morgan fingerprint density at radius 1 is 1.14 bits per heavy atom. The molecule has 6 heteroatoms. The monoisotopic (exact) mass is 383 g/mol. The molecule has 2 aromatic carbocycles. The number of benzene rings is 2. The number of amides is 1. The van der Waals surface area contributed by atoms with Crippen molar-refractivity contribution < 1.29 is 23.5 Å². The lowest BCUT2D eigenvalue weighted by atomic mass is 9.90. The highest BCUT2D eigenvalue weighted by molar-refractivity contribution is 6.01. The molecule has 0 spiro atoms. The number of hydrogen-bond donors (Lipinski definition) is 0. The second-order valence-electron chi connectivity index (χ2n) is 7.36. The number of carbonyl (C=O) groups excluding carboxylic acids is 2. The molecule has 0 saturated carbocycles. The molecule has 146 valence electrons. The van der Waals surface area contributed by atoms with E-state index in [0.717, 1.165) is 24.7 Å². The number of aldehydes is 1. The van der Waals surface area contributed by atoms with Gasteiger partial charge in [-0.15, -0.1) is 0 Å². The van der Waals surface area contributed by atoms with Crippen LogP contribution in [0, 0.1) is 5.82 Å². The number of aryl methyl sites for hydroxylation is 1. The highest BCUT2D eigenvalue weighted by Gasteiger charge is 2.40. The number of hydrogen-bond acceptors (Lipinski definition) is 4. The number of β-lactam (4-membered cyclic amide) rings is 1. The molecule has 0 bridgehead atoms. The Hall–Kier alpha value is -2.57. The molecule has 2 saturated heterocycles. The molecule has 5 nitrogen and oxygen atoms in total. The maximum absolute atomic E-state index is 13.2. The van der Waals surface area contributed by atoms with Crippen LogP contribution in [0.3, 0.4) is 0 Å². The molecule has 1 amide bonds. The standard InChI is InChI=1S/C22H22FNO4/c23-18-5-7-19(8-6-18)24-20(13-21(24)26)17-3-1-16(2-4-17)9-10-22(14-27-15-22)28-12-11-25/h1-8,11,20H,9-10,12-15H2. The molecule has 2 heterocycles. The van der Waals surface area contributed by atoms with Crippen molar-refractivity contribution in [2.75, 3.05) is 24.7 Å². The van der Waals surface area contributed by atoms with Crippen LogP contribution in [0.15, 0.2) is 48.5 Å². The Kier molecular flexibility index (Phi) is 5.24. The van der Waals surface area contributed by atoms with Gasteiger partial charge in [0.15, 0.2) is 0 Å². The van der Waals surface area contributed by atoms with Crippen LogP contribution >= 0.6 is 0 Å². The molecule has 1 atom stereocenters. The van der Waals surface area contributed by atoms with Crippen molar-refractivity contribution in [3.8, 4) is 0 Å². The van der Waals surface area contributed by atoms with Gasteiger partial charge in [0.2, 0.25) is 5.91 Å². The largest absolute Gasteiger partial charge is 0.375 e. The Morgan fingerprint density at radius 2 is 1.86 bits per heavy atom. The van der Waals surface area contributed by atoms with Gasteiger partial charge < -0.3 is 19.2 Å². The second-order valence-corrected chi connectivity index (χ2v) is 7.36. The fourth-order valence-electron chi connectivity index (χ4n) is 3.73. The zero-order valence-corrected chi connectivity index (χ0v) is 15.5. The molecule has 2 aliphatic rings. The van der Waals surface area contributed by atoms with E-state index < -0.39 is 0 Å². The summed E-state index contributed by atoms with van der Waals surface area (Å²) in [5.41, 5.74) is 2.60. The summed E-state index contributed by atoms with van der Waals surface area (Å²) in [5, 5.41) is 0. The molecule has 4 rings (SSSR count). The first-order chi connectivity index (χ1) is 13.6. The van der Waals surface area contributed by atoms with Crippen LogP contribution in [-0.2, 0) is 25.5 Å². The predicted octanol–water partition coefficient (Wildman–Crippen LogP) is 3.22. The lowest BCUT2D eigenvalue weighted by Gasteiger charge is -2.41. The molecule has 0 radical (unpaired) electrons. The first-order valence-electron chi connectivity index (χ1n) is 9.42. The minimum atomic E-state index is -0.348. The van der Waals surface area contributed by atoms with E-state index in [1.807, 2.05) is 12.1 Å². The normalized spacial score (nSPS) is 20.4. The van der Waals surface area contributed by atoms with Crippen LogP contribution in [0.2, 0.25) is 0 Å². The van der Waals surface area contributed by atoms with E-state index in [2.05, 4.69) is 12.1 Å². The number of anilines is 1. The van der Waals surface area contributed by atoms with Gasteiger partial charge in [0.25, 0.3) is 0 Å². The maximum atomic E-state index is 13.2. The number of halogens is 1. The molecular formula is C22H22FNO4. The lowest BCUT2D eigenvalue weighted by Crippen LogP contribution is -2.52. The highest BCUT2D eigenvalue weighted by atomic mass is 19.1. The first-order valence-corrected chi connectivity index (χ1v) is 9.42. The van der Waals surface area contributed by atoms with Crippen molar-refractivity contribution in [3.05, 3.63) is 65.5 Å². The SMILES string of the molecule is O=CCOC1(CCc2ccc(C3CC(=O)N3c3ccc(F)cc3)cc2)COC1. The van der Waals surface area contributed by atoms with Crippen LogP contribution < -0.4 is 4.90 Å². The van der Waals surface area contributed by atoms with Crippen molar-refractivity contribution >= 4 is 17.9 Å². The molecule has 0 aliphatic carbocycles. The van der Waals surface area contributed by atoms with Crippen molar-refractivity contribution in [1.29, 1.82) is 0 Å². The first kappa shape index (κ1) is 18.8. The molecule has 2 aromatic rings. The number of ether oxygens (including phenoxy) is 2. The molecule has 0 N–H and O–H groups in total. The predicted molar refractivity (Wildman–Crippen MR) is 102 cm³/mol. The van der Waals surface area contributed by atoms with Crippen LogP contribution in [0.25, 0.3) is 0 Å². The fourth-order valence-corrected chi connectivity index (χ4v) is 3.73. The van der Waals surface area contributed by atoms with Crippen molar-refractivity contribution in [3.63, 3.8) is 0 Å². The van der Waals surface area contributed by atoms with Gasteiger partial charge in [-0.25, -0.2) is 4.39 Å². The molecule has 1 unspecified atom stereocenters. The van der Waals surface area contributed by atoms with E-state index in [9.17, 15) is 14.0 Å². The summed E-state index contributed by atoms with van der Waals surface area (Å²) < 4.78 is 24.1. The van der Waals surface area contributed by atoms with E-state index in [1.165, 1.54) is 17.7 Å². The van der Waals surface area contributed by atoms with Crippen molar-refractivity contribution in [1.82, 2.24) is 0 Å². The molecule has 2 fully saturated rings. The molecule has 0 aromatic heterocycles. The van der Waals surface area contributed by atoms with Gasteiger partial charge in [0.05, 0.1) is 25.7 Å². The Morgan fingerprint density at radius 3 is 2.43 bits per heavy atom. The third-order valence-corrected chi connectivity index (χ3v) is 5.47. The van der Waals surface area contributed by atoms with E-state index >= 15 is 0 Å². The van der Waals surface area contributed by atoms with Crippen molar-refractivity contribution in [2.24, 2.45) is 0 Å². The Labute approximate surface area is 163 Å². The Balaban J connectivity index is 1.39. The summed E-state index contributed by atoms with van der Waals surface area (Å²) in [6.07, 6.45) is 2.84. The second kappa shape index (κ2) is 7.81. The average Bonchev–Trinajstić information content (AvgIpc) is 2.67. The summed E-state index contributed by atoms with van der Waals surface area (Å²) >= 11 is 0. The van der Waals surface area contributed by atoms with Gasteiger partial charge in [-0.3, -0.25) is 4.79 Å². The van der Waals surface area contributed by atoms with E-state index in [4.69, 9.17) is 9.47 Å². The average molecular weight is 383 g/mol. The van der Waals surface area contributed by atoms with Gasteiger partial charge in [0, 0.05) is 5.69 Å².